The fraction of sp³-hybridized carbons (Fsp3) is 0.192. The number of hydrogen-bond acceptors (Lipinski definition) is 0. The average Bonchev–Trinajstić information content (AvgIpc) is 3.23. The molecule has 0 aliphatic heterocycles. The van der Waals surface area contributed by atoms with E-state index >= 15 is 0 Å². The molecule has 0 amide bonds. The van der Waals surface area contributed by atoms with Crippen molar-refractivity contribution in [1.82, 2.24) is 0 Å². The second-order valence-electron chi connectivity index (χ2n) is 15.2. The maximum absolute atomic E-state index is 2.60. The quantitative estimate of drug-likeness (QED) is 0.175. The van der Waals surface area contributed by atoms with E-state index in [0.717, 1.165) is 51.4 Å². The molecule has 52 heavy (non-hydrogen) atoms. The minimum absolute atomic E-state index is 0.433. The fourth-order valence-electron chi connectivity index (χ4n) is 9.65. The summed E-state index contributed by atoms with van der Waals surface area (Å²) in [6, 6.07) is 33.9. The van der Waals surface area contributed by atoms with Crippen molar-refractivity contribution in [2.24, 2.45) is 11.8 Å². The Bertz CT molecular complexity index is 2610. The highest BCUT2D eigenvalue weighted by Crippen LogP contribution is 2.43. The minimum atomic E-state index is 0.433. The van der Waals surface area contributed by atoms with Gasteiger partial charge in [-0.05, 0) is 151 Å². The molecule has 5 aromatic carbocycles. The number of hydrogen-bond donors (Lipinski definition) is 0. The number of fused-ring (bicyclic) bond motifs is 5. The molecule has 0 fully saturated rings. The summed E-state index contributed by atoms with van der Waals surface area (Å²) in [5.41, 5.74) is 14.3. The molecule has 5 aliphatic rings. The molecule has 0 bridgehead atoms. The first-order chi connectivity index (χ1) is 25.8. The van der Waals surface area contributed by atoms with Gasteiger partial charge in [-0.3, -0.25) is 0 Å². The molecular weight excluding hydrogens is 625 g/mol. The summed E-state index contributed by atoms with van der Waals surface area (Å²) in [5, 5.41) is 8.39. The smallest absolute Gasteiger partial charge is 0.00698 e. The highest BCUT2D eigenvalue weighted by molar-refractivity contribution is 6.06. The molecule has 252 valence electrons. The monoisotopic (exact) mass is 668 g/mol. The van der Waals surface area contributed by atoms with Gasteiger partial charge in [-0.15, -0.1) is 0 Å². The van der Waals surface area contributed by atoms with E-state index in [4.69, 9.17) is 0 Å². The molecule has 5 aliphatic carbocycles. The largest absolute Gasteiger partial charge is 0.0836 e. The molecule has 0 aromatic heterocycles. The van der Waals surface area contributed by atoms with Gasteiger partial charge in [0.1, 0.15) is 0 Å². The van der Waals surface area contributed by atoms with Gasteiger partial charge in [-0.2, -0.15) is 0 Å². The molecule has 0 N–H and O–H groups in total. The molecular formula is C52H44. The Kier molecular flexibility index (Phi) is 7.98. The molecule has 0 radical (unpaired) electrons. The van der Waals surface area contributed by atoms with E-state index in [0.29, 0.717) is 11.8 Å². The van der Waals surface area contributed by atoms with E-state index in [9.17, 15) is 0 Å². The summed E-state index contributed by atoms with van der Waals surface area (Å²) in [7, 11) is 0. The minimum Gasteiger partial charge on any atom is -0.0836 e. The van der Waals surface area contributed by atoms with Gasteiger partial charge < -0.3 is 0 Å². The second-order valence-corrected chi connectivity index (χ2v) is 15.2. The molecule has 0 spiro atoms. The summed E-state index contributed by atoms with van der Waals surface area (Å²) >= 11 is 0. The zero-order valence-corrected chi connectivity index (χ0v) is 29.8. The summed E-state index contributed by atoms with van der Waals surface area (Å²) < 4.78 is 0. The van der Waals surface area contributed by atoms with Gasteiger partial charge >= 0.3 is 0 Å². The van der Waals surface area contributed by atoms with Crippen LogP contribution in [0.1, 0.15) is 72.8 Å². The highest BCUT2D eigenvalue weighted by Gasteiger charge is 2.28. The van der Waals surface area contributed by atoms with Crippen LogP contribution in [0.2, 0.25) is 0 Å². The Labute approximate surface area is 307 Å². The van der Waals surface area contributed by atoms with Crippen molar-refractivity contribution in [1.29, 1.82) is 0 Å². The van der Waals surface area contributed by atoms with E-state index < -0.39 is 0 Å². The third-order valence-electron chi connectivity index (χ3n) is 12.2. The standard InChI is InChI=1S/C52H44/c1-3-14-35(15-4-1)42-31-43(36-16-5-2-6-17-36)33-44(32-42)39-19-13-20-40(30-39)51-46-22-9-11-24-48(46)52(49-25-12-10-23-47(49)51)41-29-28-38-27-26-37-18-7-8-21-45(37)50(38)34-41/h1,3-5,7-9,11,13-27,31,33-34,39,44H,2,6,10,12,28-30,32H2. The molecule has 10 rings (SSSR count). The van der Waals surface area contributed by atoms with Crippen molar-refractivity contribution >= 4 is 56.5 Å². The lowest BCUT2D eigenvalue weighted by molar-refractivity contribution is 0.486. The number of rotatable bonds is 5. The summed E-state index contributed by atoms with van der Waals surface area (Å²) in [4.78, 5) is 0. The number of allylic oxidation sites excluding steroid dienone is 13. The molecule has 0 saturated heterocycles. The van der Waals surface area contributed by atoms with Crippen molar-refractivity contribution in [3.05, 3.63) is 189 Å². The van der Waals surface area contributed by atoms with Gasteiger partial charge in [0.05, 0.1) is 0 Å². The van der Waals surface area contributed by atoms with Crippen LogP contribution in [-0.2, 0) is 6.42 Å². The van der Waals surface area contributed by atoms with Crippen LogP contribution in [0.15, 0.2) is 151 Å². The topological polar surface area (TPSA) is 0 Å². The lowest BCUT2D eigenvalue weighted by Crippen LogP contribution is -2.35. The summed E-state index contributed by atoms with van der Waals surface area (Å²) in [5.74, 6) is 0.869. The van der Waals surface area contributed by atoms with Crippen LogP contribution in [0.5, 0.6) is 0 Å². The van der Waals surface area contributed by atoms with Crippen LogP contribution in [0.25, 0.3) is 56.5 Å². The van der Waals surface area contributed by atoms with E-state index in [-0.39, 0.29) is 0 Å². The van der Waals surface area contributed by atoms with E-state index in [2.05, 4.69) is 158 Å². The van der Waals surface area contributed by atoms with Crippen LogP contribution >= 0.6 is 0 Å². The van der Waals surface area contributed by atoms with E-state index in [1.807, 2.05) is 0 Å². The Morgan fingerprint density at radius 1 is 0.519 bits per heavy atom. The average molecular weight is 669 g/mol. The van der Waals surface area contributed by atoms with Gasteiger partial charge in [-0.1, -0.05) is 158 Å². The number of benzene rings is 5. The first-order valence-corrected chi connectivity index (χ1v) is 19.5. The summed E-state index contributed by atoms with van der Waals surface area (Å²) in [6.07, 6.45) is 35.8. The van der Waals surface area contributed by atoms with E-state index in [1.165, 1.54) is 87.7 Å². The Morgan fingerprint density at radius 3 is 2.02 bits per heavy atom. The first-order valence-electron chi connectivity index (χ1n) is 19.5. The molecule has 5 aromatic rings. The molecule has 0 nitrogen and oxygen atoms in total. The maximum atomic E-state index is 2.60. The Hall–Kier alpha value is -5.46. The zero-order valence-electron chi connectivity index (χ0n) is 29.8. The lowest BCUT2D eigenvalue weighted by Gasteiger charge is -2.31. The van der Waals surface area contributed by atoms with Crippen molar-refractivity contribution < 1.29 is 0 Å². The first kappa shape index (κ1) is 31.3. The molecule has 0 heteroatoms. The molecule has 2 atom stereocenters. The predicted molar refractivity (Wildman–Crippen MR) is 224 cm³/mol. The summed E-state index contributed by atoms with van der Waals surface area (Å²) in [6.45, 7) is 0. The van der Waals surface area contributed by atoms with Crippen molar-refractivity contribution in [2.45, 2.75) is 51.4 Å². The van der Waals surface area contributed by atoms with Crippen LogP contribution in [0.4, 0.5) is 0 Å². The van der Waals surface area contributed by atoms with Crippen LogP contribution in [0.3, 0.4) is 0 Å². The fourth-order valence-corrected chi connectivity index (χ4v) is 9.65. The van der Waals surface area contributed by atoms with Crippen LogP contribution in [-0.4, -0.2) is 0 Å². The SMILES string of the molecule is C1=CC(C2C=C(C3=CCCC=C3)C=C(c3ccccc3)C2)CC(c2c3c(c(C4=Cc5c(ccc6ccccc56)CC4)c4ccccc24)=CCCC=3)=C1. The van der Waals surface area contributed by atoms with Crippen molar-refractivity contribution in [3.8, 4) is 0 Å². The van der Waals surface area contributed by atoms with Crippen molar-refractivity contribution in [3.63, 3.8) is 0 Å². The molecule has 2 unspecified atom stereocenters. The Balaban J connectivity index is 1.08. The van der Waals surface area contributed by atoms with Gasteiger partial charge in [0, 0.05) is 0 Å². The third-order valence-corrected chi connectivity index (χ3v) is 12.2. The van der Waals surface area contributed by atoms with Crippen LogP contribution in [0, 0.1) is 11.8 Å². The predicted octanol–water partition coefficient (Wildman–Crippen LogP) is 12.1. The molecule has 0 saturated carbocycles. The van der Waals surface area contributed by atoms with E-state index in [1.54, 1.807) is 0 Å². The zero-order chi connectivity index (χ0) is 34.4. The van der Waals surface area contributed by atoms with Crippen LogP contribution < -0.4 is 10.4 Å². The highest BCUT2D eigenvalue weighted by atomic mass is 14.3. The normalized spacial score (nSPS) is 20.8. The van der Waals surface area contributed by atoms with Gasteiger partial charge in [0.2, 0.25) is 0 Å². The van der Waals surface area contributed by atoms with Gasteiger partial charge in [0.25, 0.3) is 0 Å². The lowest BCUT2D eigenvalue weighted by atomic mass is 9.73. The number of aryl methyl sites for hydroxylation is 1. The van der Waals surface area contributed by atoms with Crippen molar-refractivity contribution in [2.75, 3.05) is 0 Å². The van der Waals surface area contributed by atoms with Gasteiger partial charge in [-0.25, -0.2) is 0 Å². The van der Waals surface area contributed by atoms with Gasteiger partial charge in [0.15, 0.2) is 0 Å². The Morgan fingerprint density at radius 2 is 1.23 bits per heavy atom. The second kappa shape index (κ2) is 13.3. The molecule has 0 heterocycles. The maximum Gasteiger partial charge on any atom is -0.00698 e. The third kappa shape index (κ3) is 5.53.